The number of alkyl halides is 2. The summed E-state index contributed by atoms with van der Waals surface area (Å²) in [5.41, 5.74) is 2.65. The molecular formula is C14H14Br2. The Morgan fingerprint density at radius 1 is 0.750 bits per heavy atom. The third-order valence-corrected chi connectivity index (χ3v) is 3.86. The van der Waals surface area contributed by atoms with Crippen LogP contribution in [0.5, 0.6) is 0 Å². The van der Waals surface area contributed by atoms with Crippen LogP contribution >= 0.6 is 31.9 Å². The minimum atomic E-state index is 0.409. The average molecular weight is 342 g/mol. The molecule has 2 heteroatoms. The Labute approximate surface area is 113 Å². The number of hydrogen-bond donors (Lipinski definition) is 0. The van der Waals surface area contributed by atoms with Gasteiger partial charge in [0, 0.05) is 9.65 Å². The molecule has 2 unspecified atom stereocenters. The molecule has 0 N–H and O–H groups in total. The van der Waals surface area contributed by atoms with Gasteiger partial charge in [-0.25, -0.2) is 0 Å². The molecule has 0 aliphatic carbocycles. The Balaban J connectivity index is 2.53. The molecular weight excluding hydrogens is 328 g/mol. The maximum atomic E-state index is 3.60. The van der Waals surface area contributed by atoms with Crippen molar-refractivity contribution in [3.8, 4) is 0 Å². The molecule has 2 aromatic rings. The third-order valence-electron chi connectivity index (χ3n) is 2.81. The maximum absolute atomic E-state index is 3.60. The van der Waals surface area contributed by atoms with Crippen molar-refractivity contribution in [1.29, 1.82) is 0 Å². The van der Waals surface area contributed by atoms with Gasteiger partial charge in [0.2, 0.25) is 0 Å². The molecule has 0 radical (unpaired) electrons. The van der Waals surface area contributed by atoms with Crippen molar-refractivity contribution in [2.24, 2.45) is 0 Å². The first kappa shape index (κ1) is 12.1. The molecule has 0 heterocycles. The molecule has 0 fully saturated rings. The van der Waals surface area contributed by atoms with E-state index in [0.29, 0.717) is 9.65 Å². The van der Waals surface area contributed by atoms with Crippen LogP contribution in [0.15, 0.2) is 36.4 Å². The molecule has 0 nitrogen and oxygen atoms in total. The highest BCUT2D eigenvalue weighted by molar-refractivity contribution is 9.09. The standard InChI is InChI=1S/C14H14Br2/c1-9(15)11-3-5-14-8-12(10(2)16)4-6-13(14)7-11/h3-10H,1-2H3. The normalized spacial score (nSPS) is 15.0. The Morgan fingerprint density at radius 3 is 1.44 bits per heavy atom. The molecule has 0 saturated heterocycles. The molecule has 0 aromatic heterocycles. The average Bonchev–Trinajstić information content (AvgIpc) is 2.27. The highest BCUT2D eigenvalue weighted by atomic mass is 79.9. The molecule has 0 spiro atoms. The Morgan fingerprint density at radius 2 is 1.12 bits per heavy atom. The third kappa shape index (κ3) is 2.49. The van der Waals surface area contributed by atoms with E-state index in [1.165, 1.54) is 21.9 Å². The summed E-state index contributed by atoms with van der Waals surface area (Å²) in [4.78, 5) is 0.818. The fourth-order valence-corrected chi connectivity index (χ4v) is 2.35. The van der Waals surface area contributed by atoms with Crippen LogP contribution in [0.25, 0.3) is 10.8 Å². The molecule has 2 aromatic carbocycles. The smallest absolute Gasteiger partial charge is 0.0367 e. The number of rotatable bonds is 2. The van der Waals surface area contributed by atoms with Gasteiger partial charge in [-0.05, 0) is 35.7 Å². The van der Waals surface area contributed by atoms with Gasteiger partial charge in [0.05, 0.1) is 0 Å². The van der Waals surface area contributed by atoms with E-state index < -0.39 is 0 Å². The van der Waals surface area contributed by atoms with Gasteiger partial charge in [-0.1, -0.05) is 68.3 Å². The summed E-state index contributed by atoms with van der Waals surface area (Å²) in [5, 5.41) is 2.61. The van der Waals surface area contributed by atoms with E-state index in [-0.39, 0.29) is 0 Å². The maximum Gasteiger partial charge on any atom is 0.0367 e. The van der Waals surface area contributed by atoms with Crippen molar-refractivity contribution in [3.05, 3.63) is 47.5 Å². The Kier molecular flexibility index (Phi) is 3.70. The topological polar surface area (TPSA) is 0 Å². The predicted octanol–water partition coefficient (Wildman–Crippen LogP) is 5.75. The molecule has 0 amide bonds. The quantitative estimate of drug-likeness (QED) is 0.610. The van der Waals surface area contributed by atoms with Crippen molar-refractivity contribution in [3.63, 3.8) is 0 Å². The van der Waals surface area contributed by atoms with Crippen molar-refractivity contribution in [2.75, 3.05) is 0 Å². The molecule has 2 rings (SSSR count). The van der Waals surface area contributed by atoms with Crippen LogP contribution in [0.4, 0.5) is 0 Å². The zero-order chi connectivity index (χ0) is 11.7. The summed E-state index contributed by atoms with van der Waals surface area (Å²) >= 11 is 7.20. The summed E-state index contributed by atoms with van der Waals surface area (Å²) in [6.45, 7) is 4.30. The first-order chi connectivity index (χ1) is 7.58. The second kappa shape index (κ2) is 4.89. The molecule has 0 aliphatic rings. The zero-order valence-corrected chi connectivity index (χ0v) is 12.5. The van der Waals surface area contributed by atoms with Crippen LogP contribution in [0.2, 0.25) is 0 Å². The molecule has 0 bridgehead atoms. The van der Waals surface area contributed by atoms with Crippen LogP contribution in [0, 0.1) is 0 Å². The molecule has 0 aliphatic heterocycles. The second-order valence-corrected chi connectivity index (χ2v) is 6.85. The summed E-state index contributed by atoms with van der Waals surface area (Å²) in [5.74, 6) is 0. The van der Waals surface area contributed by atoms with Crippen molar-refractivity contribution in [2.45, 2.75) is 23.5 Å². The minimum Gasteiger partial charge on any atom is -0.0842 e. The fraction of sp³-hybridized carbons (Fsp3) is 0.286. The van der Waals surface area contributed by atoms with Gasteiger partial charge in [-0.15, -0.1) is 0 Å². The summed E-state index contributed by atoms with van der Waals surface area (Å²) in [6, 6.07) is 13.3. The largest absolute Gasteiger partial charge is 0.0842 e. The first-order valence-corrected chi connectivity index (χ1v) is 7.23. The van der Waals surface area contributed by atoms with E-state index in [4.69, 9.17) is 0 Å². The van der Waals surface area contributed by atoms with E-state index in [0.717, 1.165) is 0 Å². The lowest BCUT2D eigenvalue weighted by Gasteiger charge is -2.08. The summed E-state index contributed by atoms with van der Waals surface area (Å²) in [6.07, 6.45) is 0. The second-order valence-electron chi connectivity index (χ2n) is 4.10. The van der Waals surface area contributed by atoms with Gasteiger partial charge < -0.3 is 0 Å². The highest BCUT2D eigenvalue weighted by Gasteiger charge is 2.04. The molecule has 0 saturated carbocycles. The fourth-order valence-electron chi connectivity index (χ4n) is 1.78. The Hall–Kier alpha value is -0.340. The number of hydrogen-bond acceptors (Lipinski definition) is 0. The Bertz CT molecular complexity index is 454. The van der Waals surface area contributed by atoms with Gasteiger partial charge in [-0.3, -0.25) is 0 Å². The lowest BCUT2D eigenvalue weighted by molar-refractivity contribution is 1.12. The van der Waals surface area contributed by atoms with E-state index in [9.17, 15) is 0 Å². The van der Waals surface area contributed by atoms with E-state index >= 15 is 0 Å². The van der Waals surface area contributed by atoms with Crippen LogP contribution < -0.4 is 0 Å². The van der Waals surface area contributed by atoms with E-state index in [2.05, 4.69) is 82.1 Å². The van der Waals surface area contributed by atoms with Crippen molar-refractivity contribution < 1.29 is 0 Å². The summed E-state index contributed by atoms with van der Waals surface area (Å²) < 4.78 is 0. The molecule has 84 valence electrons. The van der Waals surface area contributed by atoms with Crippen LogP contribution in [0.1, 0.15) is 34.6 Å². The molecule has 16 heavy (non-hydrogen) atoms. The number of fused-ring (bicyclic) bond motifs is 1. The van der Waals surface area contributed by atoms with E-state index in [1.54, 1.807) is 0 Å². The van der Waals surface area contributed by atoms with Crippen LogP contribution in [-0.4, -0.2) is 0 Å². The molecule has 2 atom stereocenters. The van der Waals surface area contributed by atoms with Gasteiger partial charge in [0.1, 0.15) is 0 Å². The monoisotopic (exact) mass is 340 g/mol. The predicted molar refractivity (Wildman–Crippen MR) is 78.6 cm³/mol. The number of halogens is 2. The van der Waals surface area contributed by atoms with Crippen molar-refractivity contribution >= 4 is 42.6 Å². The van der Waals surface area contributed by atoms with Gasteiger partial charge >= 0.3 is 0 Å². The van der Waals surface area contributed by atoms with Crippen molar-refractivity contribution in [1.82, 2.24) is 0 Å². The lowest BCUT2D eigenvalue weighted by Crippen LogP contribution is -1.86. The summed E-state index contributed by atoms with van der Waals surface area (Å²) in [7, 11) is 0. The minimum absolute atomic E-state index is 0.409. The van der Waals surface area contributed by atoms with Gasteiger partial charge in [0.25, 0.3) is 0 Å². The van der Waals surface area contributed by atoms with E-state index in [1.807, 2.05) is 0 Å². The zero-order valence-electron chi connectivity index (χ0n) is 9.37. The first-order valence-electron chi connectivity index (χ1n) is 5.39. The van der Waals surface area contributed by atoms with Crippen LogP contribution in [0.3, 0.4) is 0 Å². The van der Waals surface area contributed by atoms with Gasteiger partial charge in [-0.2, -0.15) is 0 Å². The van der Waals surface area contributed by atoms with Crippen LogP contribution in [-0.2, 0) is 0 Å². The number of benzene rings is 2. The SMILES string of the molecule is CC(Br)c1ccc2cc(C(C)Br)ccc2c1. The highest BCUT2D eigenvalue weighted by Crippen LogP contribution is 2.29. The lowest BCUT2D eigenvalue weighted by atomic mass is 10.0. The van der Waals surface area contributed by atoms with Gasteiger partial charge in [0.15, 0.2) is 0 Å².